The average Bonchev–Trinajstić information content (AvgIpc) is 2.93. The molecule has 0 aliphatic carbocycles. The molecule has 2 rings (SSSR count). The molecule has 0 aliphatic heterocycles. The zero-order chi connectivity index (χ0) is 15.4. The first-order valence-electron chi connectivity index (χ1n) is 6.51. The van der Waals surface area contributed by atoms with E-state index in [4.69, 9.17) is 27.9 Å². The van der Waals surface area contributed by atoms with Crippen LogP contribution >= 0.6 is 23.2 Å². The smallest absolute Gasteiger partial charge is 0.173 e. The largest absolute Gasteiger partial charge is 0.383 e. The third kappa shape index (κ3) is 3.52. The molecule has 1 aromatic heterocycles. The van der Waals surface area contributed by atoms with Gasteiger partial charge in [0.2, 0.25) is 0 Å². The molecule has 0 saturated heterocycles. The lowest BCUT2D eigenvalue weighted by Gasteiger charge is -2.15. The molecule has 1 aromatic carbocycles. The molecule has 1 heterocycles. The second-order valence-corrected chi connectivity index (χ2v) is 5.43. The van der Waals surface area contributed by atoms with Gasteiger partial charge < -0.3 is 10.1 Å². The van der Waals surface area contributed by atoms with Crippen molar-refractivity contribution in [2.24, 2.45) is 0 Å². The summed E-state index contributed by atoms with van der Waals surface area (Å²) in [6, 6.07) is 3.58. The summed E-state index contributed by atoms with van der Waals surface area (Å²) < 4.78 is 6.59. The summed E-state index contributed by atoms with van der Waals surface area (Å²) in [5, 5.41) is 16.1. The Hall–Kier alpha value is -1.21. The van der Waals surface area contributed by atoms with Crippen LogP contribution in [0, 0.1) is 6.92 Å². The Labute approximate surface area is 133 Å². The first kappa shape index (κ1) is 16.2. The van der Waals surface area contributed by atoms with Crippen LogP contribution in [0.4, 0.5) is 0 Å². The number of nitrogens with one attached hydrogen (secondary N) is 1. The number of hydrogen-bond donors (Lipinski definition) is 1. The van der Waals surface area contributed by atoms with Gasteiger partial charge in [-0.1, -0.05) is 29.3 Å². The molecular weight excluding hydrogens is 313 g/mol. The Kier molecular flexibility index (Phi) is 5.52. The maximum atomic E-state index is 6.35. The van der Waals surface area contributed by atoms with Crippen LogP contribution in [0.15, 0.2) is 12.1 Å². The van der Waals surface area contributed by atoms with Gasteiger partial charge in [0.15, 0.2) is 5.82 Å². The number of benzene rings is 1. The van der Waals surface area contributed by atoms with Gasteiger partial charge in [-0.15, -0.1) is 5.10 Å². The van der Waals surface area contributed by atoms with Crippen molar-refractivity contribution in [3.63, 3.8) is 0 Å². The minimum atomic E-state index is -0.0669. The van der Waals surface area contributed by atoms with Crippen LogP contribution in [0.3, 0.4) is 0 Å². The van der Waals surface area contributed by atoms with Crippen LogP contribution < -0.4 is 5.32 Å². The summed E-state index contributed by atoms with van der Waals surface area (Å²) >= 11 is 12.6. The number of rotatable bonds is 6. The zero-order valence-corrected chi connectivity index (χ0v) is 13.6. The van der Waals surface area contributed by atoms with Gasteiger partial charge in [0, 0.05) is 13.7 Å². The van der Waals surface area contributed by atoms with E-state index in [0.29, 0.717) is 34.7 Å². The number of tetrazole rings is 1. The molecule has 8 heteroatoms. The summed E-state index contributed by atoms with van der Waals surface area (Å²) in [6.07, 6.45) is 0. The normalized spacial score (nSPS) is 12.6. The Morgan fingerprint density at radius 3 is 2.86 bits per heavy atom. The second-order valence-electron chi connectivity index (χ2n) is 4.64. The third-order valence-corrected chi connectivity index (χ3v) is 3.89. The van der Waals surface area contributed by atoms with Crippen LogP contribution in [0.1, 0.15) is 24.4 Å². The molecule has 21 heavy (non-hydrogen) atoms. The molecule has 1 unspecified atom stereocenters. The predicted octanol–water partition coefficient (Wildman–Crippen LogP) is 2.57. The van der Waals surface area contributed by atoms with Gasteiger partial charge in [0.05, 0.1) is 22.7 Å². The monoisotopic (exact) mass is 329 g/mol. The Morgan fingerprint density at radius 2 is 2.14 bits per heavy atom. The lowest BCUT2D eigenvalue weighted by Crippen LogP contribution is -2.25. The molecule has 0 spiro atoms. The van der Waals surface area contributed by atoms with Gasteiger partial charge >= 0.3 is 0 Å². The van der Waals surface area contributed by atoms with E-state index in [2.05, 4.69) is 20.8 Å². The molecule has 1 N–H and O–H groups in total. The summed E-state index contributed by atoms with van der Waals surface area (Å²) in [5.74, 6) is 0.639. The number of aryl methyl sites for hydroxylation is 1. The van der Waals surface area contributed by atoms with Crippen molar-refractivity contribution < 1.29 is 4.74 Å². The van der Waals surface area contributed by atoms with Gasteiger partial charge in [-0.25, -0.2) is 0 Å². The fourth-order valence-electron chi connectivity index (χ4n) is 1.93. The van der Waals surface area contributed by atoms with E-state index in [0.717, 1.165) is 5.56 Å². The number of aromatic nitrogens is 4. The van der Waals surface area contributed by atoms with E-state index in [9.17, 15) is 0 Å². The van der Waals surface area contributed by atoms with Crippen molar-refractivity contribution in [2.75, 3.05) is 20.3 Å². The Bertz CT molecular complexity index is 617. The molecule has 0 saturated carbocycles. The average molecular weight is 330 g/mol. The lowest BCUT2D eigenvalue weighted by atomic mass is 10.2. The van der Waals surface area contributed by atoms with E-state index in [1.165, 1.54) is 0 Å². The van der Waals surface area contributed by atoms with E-state index in [1.54, 1.807) is 17.9 Å². The number of halogens is 2. The van der Waals surface area contributed by atoms with Gasteiger partial charge in [-0.05, 0) is 35.9 Å². The first-order chi connectivity index (χ1) is 10.1. The number of hydrogen-bond acceptors (Lipinski definition) is 5. The topological polar surface area (TPSA) is 64.9 Å². The molecule has 6 nitrogen and oxygen atoms in total. The van der Waals surface area contributed by atoms with Crippen LogP contribution in [0.5, 0.6) is 0 Å². The predicted molar refractivity (Wildman–Crippen MR) is 82.2 cm³/mol. The van der Waals surface area contributed by atoms with Crippen molar-refractivity contribution in [1.82, 2.24) is 25.5 Å². The van der Waals surface area contributed by atoms with Crippen molar-refractivity contribution in [3.8, 4) is 5.69 Å². The fourth-order valence-corrected chi connectivity index (χ4v) is 2.46. The van der Waals surface area contributed by atoms with E-state index in [1.807, 2.05) is 19.9 Å². The van der Waals surface area contributed by atoms with E-state index >= 15 is 0 Å². The summed E-state index contributed by atoms with van der Waals surface area (Å²) in [7, 11) is 1.66. The number of nitrogens with zero attached hydrogens (tertiary/aromatic N) is 4. The quantitative estimate of drug-likeness (QED) is 0.825. The van der Waals surface area contributed by atoms with Crippen LogP contribution in [0.25, 0.3) is 5.69 Å². The molecule has 0 fully saturated rings. The lowest BCUT2D eigenvalue weighted by molar-refractivity contribution is 0.196. The summed E-state index contributed by atoms with van der Waals surface area (Å²) in [4.78, 5) is 0. The van der Waals surface area contributed by atoms with Crippen molar-refractivity contribution in [2.45, 2.75) is 19.9 Å². The SMILES string of the molecule is COCCNC(C)c1nnnn1-c1c(Cl)ccc(C)c1Cl. The van der Waals surface area contributed by atoms with Gasteiger partial charge in [-0.3, -0.25) is 0 Å². The summed E-state index contributed by atoms with van der Waals surface area (Å²) in [5.41, 5.74) is 1.51. The maximum Gasteiger partial charge on any atom is 0.173 e. The number of ether oxygens (including phenoxy) is 1. The highest BCUT2D eigenvalue weighted by Gasteiger charge is 2.20. The van der Waals surface area contributed by atoms with Crippen LogP contribution in [-0.2, 0) is 4.74 Å². The van der Waals surface area contributed by atoms with Crippen LogP contribution in [-0.4, -0.2) is 40.5 Å². The molecule has 2 aromatic rings. The fraction of sp³-hybridized carbons (Fsp3) is 0.462. The zero-order valence-electron chi connectivity index (χ0n) is 12.1. The molecule has 114 valence electrons. The minimum Gasteiger partial charge on any atom is -0.383 e. The van der Waals surface area contributed by atoms with Crippen LogP contribution in [0.2, 0.25) is 10.0 Å². The highest BCUT2D eigenvalue weighted by Crippen LogP contribution is 2.31. The molecule has 0 radical (unpaired) electrons. The third-order valence-electron chi connectivity index (χ3n) is 3.11. The second kappa shape index (κ2) is 7.17. The molecule has 0 bridgehead atoms. The molecule has 0 amide bonds. The van der Waals surface area contributed by atoms with Gasteiger partial charge in [0.25, 0.3) is 0 Å². The highest BCUT2D eigenvalue weighted by molar-refractivity contribution is 6.38. The standard InChI is InChI=1S/C13H17Cl2N5O/c1-8-4-5-10(14)12(11(8)15)20-13(17-18-19-20)9(2)16-6-7-21-3/h4-5,9,16H,6-7H2,1-3H3. The van der Waals surface area contributed by atoms with Crippen molar-refractivity contribution >= 4 is 23.2 Å². The highest BCUT2D eigenvalue weighted by atomic mass is 35.5. The molecule has 0 aliphatic rings. The van der Waals surface area contributed by atoms with Gasteiger partial charge in [-0.2, -0.15) is 4.68 Å². The Balaban J connectivity index is 2.35. The van der Waals surface area contributed by atoms with E-state index in [-0.39, 0.29) is 6.04 Å². The first-order valence-corrected chi connectivity index (χ1v) is 7.27. The molecule has 1 atom stereocenters. The van der Waals surface area contributed by atoms with E-state index < -0.39 is 0 Å². The minimum absolute atomic E-state index is 0.0669. The number of methoxy groups -OCH3 is 1. The molecular formula is C13H17Cl2N5O. The van der Waals surface area contributed by atoms with Gasteiger partial charge in [0.1, 0.15) is 5.69 Å². The summed E-state index contributed by atoms with van der Waals surface area (Å²) in [6.45, 7) is 5.18. The van der Waals surface area contributed by atoms with Crippen molar-refractivity contribution in [3.05, 3.63) is 33.6 Å². The van der Waals surface area contributed by atoms with Crippen molar-refractivity contribution in [1.29, 1.82) is 0 Å². The maximum absolute atomic E-state index is 6.35. The Morgan fingerprint density at radius 1 is 1.38 bits per heavy atom.